The van der Waals surface area contributed by atoms with Crippen molar-refractivity contribution in [3.63, 3.8) is 0 Å². The summed E-state index contributed by atoms with van der Waals surface area (Å²) >= 11 is 1.60. The number of rotatable bonds is 3. The van der Waals surface area contributed by atoms with Crippen molar-refractivity contribution in [2.24, 2.45) is 0 Å². The van der Waals surface area contributed by atoms with Crippen LogP contribution in [0.2, 0.25) is 0 Å². The first-order valence-electron chi connectivity index (χ1n) is 5.29. The molecule has 0 bridgehead atoms. The van der Waals surface area contributed by atoms with Crippen molar-refractivity contribution >= 4 is 17.6 Å². The van der Waals surface area contributed by atoms with Gasteiger partial charge in [-0.15, -0.1) is 0 Å². The predicted molar refractivity (Wildman–Crippen MR) is 69.7 cm³/mol. The van der Waals surface area contributed by atoms with E-state index in [0.717, 1.165) is 27.9 Å². The number of aromatic nitrogens is 3. The second-order valence-corrected chi connectivity index (χ2v) is 4.76. The molecule has 0 saturated heterocycles. The zero-order valence-electron chi connectivity index (χ0n) is 9.84. The molecule has 0 aliphatic rings. The Hall–Kier alpha value is -1.62. The maximum Gasteiger partial charge on any atom is 0.188 e. The number of nitrogen functional groups attached to an aromatic ring is 1. The van der Waals surface area contributed by atoms with Crippen molar-refractivity contribution in [3.05, 3.63) is 41.3 Å². The molecule has 0 fully saturated rings. The quantitative estimate of drug-likeness (QED) is 0.665. The van der Waals surface area contributed by atoms with Crippen LogP contribution in [0.15, 0.2) is 29.6 Å². The largest absolute Gasteiger partial charge is 0.384 e. The van der Waals surface area contributed by atoms with E-state index >= 15 is 0 Å². The Morgan fingerprint density at radius 1 is 1.18 bits per heavy atom. The molecule has 0 unspecified atom stereocenters. The molecule has 0 aliphatic heterocycles. The van der Waals surface area contributed by atoms with E-state index in [1.165, 1.54) is 0 Å². The normalized spacial score (nSPS) is 10.5. The van der Waals surface area contributed by atoms with E-state index in [0.29, 0.717) is 5.82 Å². The van der Waals surface area contributed by atoms with Gasteiger partial charge in [-0.25, -0.2) is 15.0 Å². The fourth-order valence-corrected chi connectivity index (χ4v) is 2.31. The Morgan fingerprint density at radius 3 is 2.47 bits per heavy atom. The predicted octanol–water partition coefficient (Wildman–Crippen LogP) is 2.36. The summed E-state index contributed by atoms with van der Waals surface area (Å²) in [4.78, 5) is 12.8. The van der Waals surface area contributed by atoms with Gasteiger partial charge in [0.25, 0.3) is 0 Å². The molecule has 0 atom stereocenters. The molecule has 2 rings (SSSR count). The molecule has 2 aromatic heterocycles. The summed E-state index contributed by atoms with van der Waals surface area (Å²) in [5, 5.41) is 0.805. The average Bonchev–Trinajstić information content (AvgIpc) is 2.27. The average molecular weight is 246 g/mol. The molecule has 5 heteroatoms. The van der Waals surface area contributed by atoms with Gasteiger partial charge in [0, 0.05) is 23.3 Å². The third-order valence-electron chi connectivity index (χ3n) is 2.18. The lowest BCUT2D eigenvalue weighted by atomic mass is 10.3. The van der Waals surface area contributed by atoms with Crippen LogP contribution in [0.3, 0.4) is 0 Å². The van der Waals surface area contributed by atoms with Crippen LogP contribution in [0, 0.1) is 13.8 Å². The van der Waals surface area contributed by atoms with Crippen LogP contribution in [0.25, 0.3) is 0 Å². The molecule has 0 aromatic carbocycles. The third kappa shape index (κ3) is 3.42. The summed E-state index contributed by atoms with van der Waals surface area (Å²) in [7, 11) is 0. The first kappa shape index (κ1) is 11.9. The Balaban J connectivity index is 2.04. The zero-order valence-corrected chi connectivity index (χ0v) is 10.7. The Labute approximate surface area is 105 Å². The van der Waals surface area contributed by atoms with Crippen LogP contribution in [0.1, 0.15) is 17.0 Å². The zero-order chi connectivity index (χ0) is 12.3. The van der Waals surface area contributed by atoms with Crippen LogP contribution in [-0.4, -0.2) is 15.0 Å². The van der Waals surface area contributed by atoms with Gasteiger partial charge in [-0.3, -0.25) is 0 Å². The maximum absolute atomic E-state index is 5.53. The van der Waals surface area contributed by atoms with Crippen molar-refractivity contribution in [2.45, 2.75) is 24.8 Å². The summed E-state index contributed by atoms with van der Waals surface area (Å²) < 4.78 is 0. The molecule has 0 saturated carbocycles. The molecule has 0 spiro atoms. The van der Waals surface area contributed by atoms with Gasteiger partial charge in [-0.05, 0) is 31.5 Å². The van der Waals surface area contributed by atoms with Crippen molar-refractivity contribution in [1.29, 1.82) is 0 Å². The van der Waals surface area contributed by atoms with Gasteiger partial charge in [-0.2, -0.15) is 0 Å². The molecule has 0 aliphatic carbocycles. The van der Waals surface area contributed by atoms with Crippen molar-refractivity contribution < 1.29 is 0 Å². The number of anilines is 1. The van der Waals surface area contributed by atoms with Gasteiger partial charge in [0.2, 0.25) is 0 Å². The maximum atomic E-state index is 5.53. The molecule has 2 aromatic rings. The molecular weight excluding hydrogens is 232 g/mol. The number of nitrogens with two attached hydrogens (primary N) is 1. The van der Waals surface area contributed by atoms with Crippen LogP contribution in [0.4, 0.5) is 5.82 Å². The van der Waals surface area contributed by atoms with Crippen LogP contribution in [0.5, 0.6) is 0 Å². The van der Waals surface area contributed by atoms with E-state index in [-0.39, 0.29) is 0 Å². The van der Waals surface area contributed by atoms with Gasteiger partial charge >= 0.3 is 0 Å². The Bertz CT molecular complexity index is 490. The minimum Gasteiger partial charge on any atom is -0.384 e. The lowest BCUT2D eigenvalue weighted by Gasteiger charge is -2.03. The summed E-state index contributed by atoms with van der Waals surface area (Å²) in [5.74, 6) is 1.34. The molecule has 17 heavy (non-hydrogen) atoms. The number of thioether (sulfide) groups is 1. The van der Waals surface area contributed by atoms with Gasteiger partial charge in [0.05, 0.1) is 0 Å². The third-order valence-corrected chi connectivity index (χ3v) is 3.10. The van der Waals surface area contributed by atoms with Crippen molar-refractivity contribution in [2.75, 3.05) is 5.73 Å². The van der Waals surface area contributed by atoms with Gasteiger partial charge in [0.15, 0.2) is 5.16 Å². The lowest BCUT2D eigenvalue weighted by molar-refractivity contribution is 0.902. The van der Waals surface area contributed by atoms with E-state index in [2.05, 4.69) is 15.0 Å². The smallest absolute Gasteiger partial charge is 0.188 e. The van der Waals surface area contributed by atoms with Crippen molar-refractivity contribution in [1.82, 2.24) is 15.0 Å². The van der Waals surface area contributed by atoms with E-state index in [9.17, 15) is 0 Å². The first-order valence-corrected chi connectivity index (χ1v) is 6.27. The SMILES string of the molecule is Cc1cc(C)nc(SCc2ccc(N)nc2)n1. The van der Waals surface area contributed by atoms with Crippen LogP contribution >= 0.6 is 11.8 Å². The second kappa shape index (κ2) is 5.14. The summed E-state index contributed by atoms with van der Waals surface area (Å²) in [6.07, 6.45) is 1.78. The Kier molecular flexibility index (Phi) is 3.58. The molecule has 2 N–H and O–H groups in total. The van der Waals surface area contributed by atoms with Crippen molar-refractivity contribution in [3.8, 4) is 0 Å². The van der Waals surface area contributed by atoms with E-state index < -0.39 is 0 Å². The monoisotopic (exact) mass is 246 g/mol. The molecular formula is C12H14N4S. The molecule has 4 nitrogen and oxygen atoms in total. The lowest BCUT2D eigenvalue weighted by Crippen LogP contribution is -1.94. The number of pyridine rings is 1. The molecule has 0 amide bonds. The van der Waals surface area contributed by atoms with E-state index in [4.69, 9.17) is 5.73 Å². The highest BCUT2D eigenvalue weighted by atomic mass is 32.2. The van der Waals surface area contributed by atoms with Gasteiger partial charge < -0.3 is 5.73 Å². The first-order chi connectivity index (χ1) is 8.13. The highest BCUT2D eigenvalue weighted by Crippen LogP contribution is 2.19. The number of nitrogens with zero attached hydrogens (tertiary/aromatic N) is 3. The highest BCUT2D eigenvalue weighted by molar-refractivity contribution is 7.98. The minimum atomic E-state index is 0.543. The molecule has 2 heterocycles. The fourth-order valence-electron chi connectivity index (χ4n) is 1.43. The van der Waals surface area contributed by atoms with Gasteiger partial charge in [0.1, 0.15) is 5.82 Å². The number of hydrogen-bond donors (Lipinski definition) is 1. The summed E-state index contributed by atoms with van der Waals surface area (Å²) in [6.45, 7) is 3.95. The van der Waals surface area contributed by atoms with Gasteiger partial charge in [-0.1, -0.05) is 17.8 Å². The highest BCUT2D eigenvalue weighted by Gasteiger charge is 2.01. The van der Waals surface area contributed by atoms with E-state index in [1.54, 1.807) is 24.0 Å². The minimum absolute atomic E-state index is 0.543. The number of aryl methyl sites for hydroxylation is 2. The molecule has 0 radical (unpaired) electrons. The molecule has 88 valence electrons. The topological polar surface area (TPSA) is 64.7 Å². The fraction of sp³-hybridized carbons (Fsp3) is 0.250. The standard InChI is InChI=1S/C12H14N4S/c1-8-5-9(2)16-12(15-8)17-7-10-3-4-11(13)14-6-10/h3-6H,7H2,1-2H3,(H2,13,14). The van der Waals surface area contributed by atoms with Crippen LogP contribution in [-0.2, 0) is 5.75 Å². The Morgan fingerprint density at radius 2 is 1.88 bits per heavy atom. The second-order valence-electron chi connectivity index (χ2n) is 3.81. The number of hydrogen-bond acceptors (Lipinski definition) is 5. The van der Waals surface area contributed by atoms with E-state index in [1.807, 2.05) is 26.0 Å². The summed E-state index contributed by atoms with van der Waals surface area (Å²) in [6, 6.07) is 5.74. The van der Waals surface area contributed by atoms with Crippen LogP contribution < -0.4 is 5.73 Å². The summed E-state index contributed by atoms with van der Waals surface area (Å²) in [5.41, 5.74) is 8.64.